The Bertz CT molecular complexity index is 2860. The zero-order chi connectivity index (χ0) is 47.5. The van der Waals surface area contributed by atoms with Crippen LogP contribution in [0.3, 0.4) is 0 Å². The number of hydrogen-bond donors (Lipinski definition) is 2. The molecule has 8 aliphatic rings. The van der Waals surface area contributed by atoms with Gasteiger partial charge in [-0.15, -0.1) is 0 Å². The summed E-state index contributed by atoms with van der Waals surface area (Å²) in [5.41, 5.74) is -6.72. The van der Waals surface area contributed by atoms with Gasteiger partial charge in [0.1, 0.15) is 5.76 Å². The molecule has 1 unspecified atom stereocenters. The summed E-state index contributed by atoms with van der Waals surface area (Å²) in [4.78, 5) is 46.4. The van der Waals surface area contributed by atoms with E-state index in [1.165, 1.54) is 18.2 Å². The third-order valence-electron chi connectivity index (χ3n) is 19.8. The Morgan fingerprint density at radius 1 is 0.851 bits per heavy atom. The van der Waals surface area contributed by atoms with E-state index < -0.39 is 61.9 Å². The first-order valence-corrected chi connectivity index (χ1v) is 24.2. The Labute approximate surface area is 393 Å². The van der Waals surface area contributed by atoms with Crippen molar-refractivity contribution in [3.63, 3.8) is 0 Å². The molecule has 8 nitrogen and oxygen atoms in total. The molecule has 1 saturated heterocycles. The van der Waals surface area contributed by atoms with E-state index in [4.69, 9.17) is 20.8 Å². The van der Waals surface area contributed by atoms with Crippen molar-refractivity contribution >= 4 is 40.0 Å². The zero-order valence-electron chi connectivity index (χ0n) is 38.6. The number of nitrogens with zero attached hydrogens (tertiary/aromatic N) is 1. The molecule has 12 heteroatoms. The fourth-order valence-corrected chi connectivity index (χ4v) is 15.6. The Morgan fingerprint density at radius 2 is 1.57 bits per heavy atom. The van der Waals surface area contributed by atoms with E-state index in [9.17, 15) is 28.2 Å². The van der Waals surface area contributed by atoms with Crippen LogP contribution in [0.5, 0.6) is 0 Å². The molecule has 5 fully saturated rings. The molecule has 67 heavy (non-hydrogen) atoms. The number of Topliss-reactive ketones (excluding diaryl/α,β-unsaturated/α-hetero) is 1. The summed E-state index contributed by atoms with van der Waals surface area (Å²) in [5.74, 6) is -1.44. The molecule has 1 amide bonds. The molecule has 10 atom stereocenters. The van der Waals surface area contributed by atoms with Gasteiger partial charge in [0.2, 0.25) is 5.78 Å². The maximum atomic E-state index is 15.6. The Hall–Kier alpha value is -4.71. The van der Waals surface area contributed by atoms with Crippen molar-refractivity contribution in [2.75, 3.05) is 6.54 Å². The van der Waals surface area contributed by atoms with Crippen LogP contribution in [-0.2, 0) is 27.0 Å². The number of rotatable bonds is 8. The molecule has 4 aromatic rings. The lowest BCUT2D eigenvalue weighted by atomic mass is 9.32. The van der Waals surface area contributed by atoms with E-state index in [0.717, 1.165) is 34.9 Å². The number of benzene rings is 3. The molecule has 352 valence electrons. The predicted molar refractivity (Wildman–Crippen MR) is 246 cm³/mol. The maximum absolute atomic E-state index is 15.6. The lowest BCUT2D eigenvalue weighted by Gasteiger charge is -2.71. The van der Waals surface area contributed by atoms with Crippen molar-refractivity contribution in [2.45, 2.75) is 122 Å². The summed E-state index contributed by atoms with van der Waals surface area (Å²) >= 11 is 6.45. The highest BCUT2D eigenvalue weighted by Gasteiger charge is 2.78. The number of allylic oxidation sites excluding steroid dienone is 4. The topological polar surface area (TPSA) is 117 Å². The first-order valence-electron chi connectivity index (χ1n) is 23.8. The molecule has 2 N–H and O–H groups in total. The number of aliphatic hydroxyl groups is 2. The van der Waals surface area contributed by atoms with Gasteiger partial charge in [-0.05, 0) is 129 Å². The standard InChI is InChI=1S/C55H57ClF3NO7/c1-47(2)50(5)23-26-54(47,67-46(50)64)45(63)60(30-33-11-8-10-32-9-6-7-12-36(32)33)31-52(65)22-19-43-49(52,4)21-18-42-48(3)20-17-35(61)28-51(48)24-25-53(42,43)38(29-51)44(62)41-16-15-40(66-41)37-27-34(55(57,58)59)13-14-39(37)56/h6-16,24-25,27,29,35,42-43,61,65H,17-23,26,28,30-31H2,1-5H3/t35?,42-,43-,48-,49+,50+,51+,52-,53-,54-/m1/s1. The number of amides is 1. The molecule has 12 rings (SSSR count). The quantitative estimate of drug-likeness (QED) is 0.103. The first kappa shape index (κ1) is 44.8. The van der Waals surface area contributed by atoms with Crippen LogP contribution in [0, 0.1) is 44.3 Å². The summed E-state index contributed by atoms with van der Waals surface area (Å²) in [5, 5.41) is 26.9. The number of hydrogen-bond acceptors (Lipinski definition) is 7. The molecule has 7 aliphatic carbocycles. The minimum atomic E-state index is -4.62. The van der Waals surface area contributed by atoms with Gasteiger partial charge in [0.25, 0.3) is 5.91 Å². The number of ether oxygens (including phenoxy) is 1. The van der Waals surface area contributed by atoms with Crippen LogP contribution in [0.25, 0.3) is 22.1 Å². The third kappa shape index (κ3) is 5.71. The number of alkyl halides is 3. The van der Waals surface area contributed by atoms with Crippen molar-refractivity contribution in [3.05, 3.63) is 119 Å². The highest BCUT2D eigenvalue weighted by Crippen LogP contribution is 2.79. The van der Waals surface area contributed by atoms with E-state index in [2.05, 4.69) is 32.1 Å². The summed E-state index contributed by atoms with van der Waals surface area (Å²) in [7, 11) is 0. The van der Waals surface area contributed by atoms with Crippen LogP contribution >= 0.6 is 11.6 Å². The van der Waals surface area contributed by atoms with E-state index in [1.54, 1.807) is 4.90 Å². The number of esters is 1. The molecular weight excluding hydrogens is 879 g/mol. The van der Waals surface area contributed by atoms with Crippen molar-refractivity contribution in [3.8, 4) is 11.3 Å². The molecule has 4 bridgehead atoms. The van der Waals surface area contributed by atoms with Gasteiger partial charge in [-0.1, -0.05) is 100.0 Å². The predicted octanol–water partition coefficient (Wildman–Crippen LogP) is 11.7. The number of ketones is 1. The van der Waals surface area contributed by atoms with Gasteiger partial charge in [-0.25, -0.2) is 0 Å². The van der Waals surface area contributed by atoms with Crippen molar-refractivity contribution in [1.29, 1.82) is 0 Å². The summed E-state index contributed by atoms with van der Waals surface area (Å²) < 4.78 is 53.9. The number of aliphatic hydroxyl groups excluding tert-OH is 1. The van der Waals surface area contributed by atoms with Crippen LogP contribution in [-0.4, -0.2) is 56.6 Å². The number of halogens is 4. The third-order valence-corrected chi connectivity index (χ3v) is 20.1. The highest BCUT2D eigenvalue weighted by molar-refractivity contribution is 6.33. The minimum absolute atomic E-state index is 0.0124. The molecule has 3 aromatic carbocycles. The fraction of sp³-hybridized carbons (Fsp3) is 0.509. The fourth-order valence-electron chi connectivity index (χ4n) is 15.4. The zero-order valence-corrected chi connectivity index (χ0v) is 39.3. The van der Waals surface area contributed by atoms with Crippen LogP contribution in [0.15, 0.2) is 101 Å². The molecule has 1 aromatic heterocycles. The number of furan rings is 1. The SMILES string of the molecule is CC1(C)[C@@]2(C)CC[C@]1(C(=O)N(Cc1cccc3ccccc13)C[C@]1(O)CC[C@H]3[C@]45C=C[C@@]6(C=C4C(=O)c4ccc(-c7cc(C(F)(F)F)ccc7Cl)o4)CC(O)CC[C@]6(C)[C@H]5CC[C@@]31C)OC2=O. The van der Waals surface area contributed by atoms with E-state index >= 15 is 9.59 Å². The lowest BCUT2D eigenvalue weighted by Crippen LogP contribution is -2.67. The largest absolute Gasteiger partial charge is 0.453 e. The second kappa shape index (κ2) is 14.2. The van der Waals surface area contributed by atoms with Gasteiger partial charge in [-0.3, -0.25) is 14.4 Å². The van der Waals surface area contributed by atoms with Crippen LogP contribution in [0.2, 0.25) is 5.02 Å². The first-order chi connectivity index (χ1) is 31.5. The van der Waals surface area contributed by atoms with Crippen molar-refractivity contribution in [2.24, 2.45) is 44.3 Å². The molecule has 4 saturated carbocycles. The molecule has 0 radical (unpaired) electrons. The lowest BCUT2D eigenvalue weighted by molar-refractivity contribution is -0.187. The number of carbonyl (C=O) groups excluding carboxylic acids is 3. The molecular formula is C55H57ClF3NO7. The molecule has 1 aliphatic heterocycles. The van der Waals surface area contributed by atoms with Gasteiger partial charge >= 0.3 is 12.1 Å². The van der Waals surface area contributed by atoms with Gasteiger partial charge < -0.3 is 24.3 Å². The normalized spacial score (nSPS) is 37.7. The monoisotopic (exact) mass is 935 g/mol. The maximum Gasteiger partial charge on any atom is 0.416 e. The average molecular weight is 937 g/mol. The summed E-state index contributed by atoms with van der Waals surface area (Å²) in [6.45, 7) is 10.3. The average Bonchev–Trinajstić information content (AvgIpc) is 3.97. The van der Waals surface area contributed by atoms with E-state index in [0.29, 0.717) is 56.9 Å². The molecule has 2 spiro atoms. The van der Waals surface area contributed by atoms with Gasteiger partial charge in [-0.2, -0.15) is 13.2 Å². The minimum Gasteiger partial charge on any atom is -0.453 e. The summed E-state index contributed by atoms with van der Waals surface area (Å²) in [6.07, 6.45) is 6.06. The van der Waals surface area contributed by atoms with Crippen LogP contribution in [0.4, 0.5) is 13.2 Å². The van der Waals surface area contributed by atoms with Crippen molar-refractivity contribution in [1.82, 2.24) is 4.90 Å². The van der Waals surface area contributed by atoms with E-state index in [1.807, 2.05) is 63.2 Å². The summed E-state index contributed by atoms with van der Waals surface area (Å²) in [6, 6.07) is 20.0. The highest BCUT2D eigenvalue weighted by atomic mass is 35.5. The van der Waals surface area contributed by atoms with Gasteiger partial charge in [0.05, 0.1) is 34.3 Å². The number of carbonyl (C=O) groups is 3. The van der Waals surface area contributed by atoms with Crippen LogP contribution in [0.1, 0.15) is 114 Å². The number of fused-ring (bicyclic) bond motifs is 4. The second-order valence-corrected chi connectivity index (χ2v) is 22.9. The Balaban J connectivity index is 1.00. The van der Waals surface area contributed by atoms with Gasteiger partial charge in [0, 0.05) is 39.3 Å². The Kier molecular flexibility index (Phi) is 9.48. The smallest absolute Gasteiger partial charge is 0.416 e. The molecule has 2 heterocycles. The van der Waals surface area contributed by atoms with E-state index in [-0.39, 0.29) is 64.3 Å². The van der Waals surface area contributed by atoms with Crippen LogP contribution < -0.4 is 0 Å². The second-order valence-electron chi connectivity index (χ2n) is 22.5. The van der Waals surface area contributed by atoms with Gasteiger partial charge in [0.15, 0.2) is 11.4 Å². The Morgan fingerprint density at radius 3 is 2.30 bits per heavy atom. The van der Waals surface area contributed by atoms with Crippen molar-refractivity contribution < 1.29 is 46.9 Å².